The molecule has 2 nitrogen and oxygen atoms in total. The highest BCUT2D eigenvalue weighted by Gasteiger charge is 2.23. The third kappa shape index (κ3) is 2.08. The Morgan fingerprint density at radius 1 is 1.53 bits per heavy atom. The summed E-state index contributed by atoms with van der Waals surface area (Å²) in [6, 6.07) is 4.80. The van der Waals surface area contributed by atoms with Crippen molar-refractivity contribution in [2.24, 2.45) is 5.16 Å². The molecule has 0 amide bonds. The second-order valence-corrected chi connectivity index (χ2v) is 3.94. The van der Waals surface area contributed by atoms with E-state index in [0.29, 0.717) is 23.6 Å². The van der Waals surface area contributed by atoms with Crippen molar-refractivity contribution in [3.05, 3.63) is 34.6 Å². The number of benzene rings is 1. The number of halogens is 3. The van der Waals surface area contributed by atoms with Crippen molar-refractivity contribution in [1.29, 1.82) is 0 Å². The number of nitrogens with zero attached hydrogens (tertiary/aromatic N) is 1. The van der Waals surface area contributed by atoms with Gasteiger partial charge in [0.2, 0.25) is 0 Å². The molecule has 1 unspecified atom stereocenters. The van der Waals surface area contributed by atoms with E-state index in [1.165, 1.54) is 6.07 Å². The summed E-state index contributed by atoms with van der Waals surface area (Å²) in [5.41, 5.74) is 0.941. The van der Waals surface area contributed by atoms with Gasteiger partial charge in [-0.1, -0.05) is 22.8 Å². The summed E-state index contributed by atoms with van der Waals surface area (Å²) >= 11 is 11.3. The van der Waals surface area contributed by atoms with Gasteiger partial charge in [-0.25, -0.2) is 4.39 Å². The summed E-state index contributed by atoms with van der Waals surface area (Å²) in [5.74, 6) is -0.119. The van der Waals surface area contributed by atoms with Gasteiger partial charge < -0.3 is 4.84 Å². The van der Waals surface area contributed by atoms with Crippen molar-refractivity contribution >= 4 is 28.9 Å². The highest BCUT2D eigenvalue weighted by molar-refractivity contribution is 6.31. The van der Waals surface area contributed by atoms with Crippen LogP contribution in [0.5, 0.6) is 0 Å². The first-order chi connectivity index (χ1) is 7.22. The number of oxime groups is 1. The Kier molecular flexibility index (Phi) is 3.12. The second kappa shape index (κ2) is 4.37. The van der Waals surface area contributed by atoms with Gasteiger partial charge in [0.25, 0.3) is 0 Å². The molecule has 2 rings (SSSR count). The van der Waals surface area contributed by atoms with Gasteiger partial charge in [0.05, 0.1) is 16.6 Å². The lowest BCUT2D eigenvalue weighted by molar-refractivity contribution is 0.102. The van der Waals surface area contributed by atoms with E-state index in [2.05, 4.69) is 5.16 Å². The van der Waals surface area contributed by atoms with Crippen molar-refractivity contribution in [3.8, 4) is 0 Å². The Balaban J connectivity index is 2.28. The Bertz CT molecular complexity index is 408. The van der Waals surface area contributed by atoms with Gasteiger partial charge in [0.15, 0.2) is 5.82 Å². The number of hydrogen-bond donors (Lipinski definition) is 0. The van der Waals surface area contributed by atoms with E-state index in [9.17, 15) is 4.39 Å². The fourth-order valence-electron chi connectivity index (χ4n) is 1.40. The summed E-state index contributed by atoms with van der Waals surface area (Å²) in [7, 11) is 0. The normalized spacial score (nSPS) is 19.9. The molecule has 0 N–H and O–H groups in total. The average Bonchev–Trinajstić information content (AvgIpc) is 2.70. The van der Waals surface area contributed by atoms with E-state index >= 15 is 0 Å². The molecule has 1 aromatic rings. The summed E-state index contributed by atoms with van der Waals surface area (Å²) in [5, 5.41) is 3.88. The number of rotatable bonds is 2. The molecule has 0 bridgehead atoms. The van der Waals surface area contributed by atoms with Crippen LogP contribution in [0.4, 0.5) is 4.39 Å². The molecule has 0 aromatic heterocycles. The highest BCUT2D eigenvalue weighted by Crippen LogP contribution is 2.23. The Morgan fingerprint density at radius 2 is 2.33 bits per heavy atom. The molecule has 80 valence electrons. The minimum atomic E-state index is -0.461. The monoisotopic (exact) mass is 247 g/mol. The van der Waals surface area contributed by atoms with Crippen molar-refractivity contribution in [1.82, 2.24) is 0 Å². The first kappa shape index (κ1) is 10.7. The largest absolute Gasteiger partial charge is 0.391 e. The number of alkyl halides is 1. The van der Waals surface area contributed by atoms with E-state index < -0.39 is 5.82 Å². The highest BCUT2D eigenvalue weighted by atomic mass is 35.5. The first-order valence-corrected chi connectivity index (χ1v) is 5.36. The van der Waals surface area contributed by atoms with E-state index in [0.717, 1.165) is 0 Å². The lowest BCUT2D eigenvalue weighted by Gasteiger charge is -2.03. The minimum absolute atomic E-state index is 0.0875. The lowest BCUT2D eigenvalue weighted by Crippen LogP contribution is -2.10. The molecule has 1 aliphatic heterocycles. The van der Waals surface area contributed by atoms with Gasteiger partial charge in [-0.3, -0.25) is 0 Å². The number of hydrogen-bond acceptors (Lipinski definition) is 2. The molecule has 1 aromatic carbocycles. The maximum atomic E-state index is 13.6. The van der Waals surface area contributed by atoms with Crippen LogP contribution in [0.15, 0.2) is 23.4 Å². The fourth-order valence-corrected chi connectivity index (χ4v) is 1.74. The molecule has 0 radical (unpaired) electrons. The Labute approximate surface area is 96.6 Å². The average molecular weight is 248 g/mol. The van der Waals surface area contributed by atoms with Crippen LogP contribution in [0.25, 0.3) is 0 Å². The molecule has 1 heterocycles. The molecule has 0 saturated heterocycles. The van der Waals surface area contributed by atoms with Crippen LogP contribution in [0, 0.1) is 5.82 Å². The van der Waals surface area contributed by atoms with Crippen LogP contribution >= 0.6 is 23.2 Å². The topological polar surface area (TPSA) is 21.6 Å². The van der Waals surface area contributed by atoms with Gasteiger partial charge >= 0.3 is 0 Å². The van der Waals surface area contributed by atoms with Crippen molar-refractivity contribution in [3.63, 3.8) is 0 Å². The maximum Gasteiger partial charge on any atom is 0.150 e. The summed E-state index contributed by atoms with van der Waals surface area (Å²) in [6.07, 6.45) is 0.348. The summed E-state index contributed by atoms with van der Waals surface area (Å²) in [6.45, 7) is 0. The fraction of sp³-hybridized carbons (Fsp3) is 0.300. The van der Waals surface area contributed by atoms with Crippen LogP contribution in [0.3, 0.4) is 0 Å². The standard InChI is InChI=1S/C10H8Cl2FNO/c11-5-6-4-9(14-15-6)7-2-1-3-8(12)10(7)13/h1-3,6H,4-5H2. The first-order valence-electron chi connectivity index (χ1n) is 4.45. The van der Waals surface area contributed by atoms with Gasteiger partial charge in [-0.15, -0.1) is 11.6 Å². The molecule has 0 saturated carbocycles. The van der Waals surface area contributed by atoms with Gasteiger partial charge in [0, 0.05) is 12.0 Å². The molecule has 0 aliphatic carbocycles. The lowest BCUT2D eigenvalue weighted by atomic mass is 10.1. The summed E-state index contributed by atoms with van der Waals surface area (Å²) < 4.78 is 13.6. The molecule has 0 fully saturated rings. The molecule has 1 atom stereocenters. The van der Waals surface area contributed by atoms with Crippen LogP contribution in [0.1, 0.15) is 12.0 Å². The third-order valence-electron chi connectivity index (χ3n) is 2.17. The second-order valence-electron chi connectivity index (χ2n) is 3.23. The zero-order valence-electron chi connectivity index (χ0n) is 7.71. The quantitative estimate of drug-likeness (QED) is 0.736. The summed E-state index contributed by atoms with van der Waals surface area (Å²) in [4.78, 5) is 5.01. The van der Waals surface area contributed by atoms with Gasteiger partial charge in [-0.05, 0) is 12.1 Å². The van der Waals surface area contributed by atoms with Crippen LogP contribution in [-0.2, 0) is 4.84 Å². The zero-order valence-corrected chi connectivity index (χ0v) is 9.22. The molecule has 0 spiro atoms. The molecule has 15 heavy (non-hydrogen) atoms. The Morgan fingerprint density at radius 3 is 3.00 bits per heavy atom. The van der Waals surface area contributed by atoms with Crippen molar-refractivity contribution in [2.75, 3.05) is 5.88 Å². The van der Waals surface area contributed by atoms with Gasteiger partial charge in [0.1, 0.15) is 6.10 Å². The van der Waals surface area contributed by atoms with Crippen LogP contribution in [-0.4, -0.2) is 17.7 Å². The van der Waals surface area contributed by atoms with E-state index in [4.69, 9.17) is 28.0 Å². The molecule has 1 aliphatic rings. The maximum absolute atomic E-state index is 13.6. The SMILES string of the molecule is Fc1c(Cl)cccc1C1=NOC(CCl)C1. The third-order valence-corrected chi connectivity index (χ3v) is 2.80. The van der Waals surface area contributed by atoms with E-state index in [1.807, 2.05) is 0 Å². The minimum Gasteiger partial charge on any atom is -0.391 e. The van der Waals surface area contributed by atoms with Gasteiger partial charge in [-0.2, -0.15) is 0 Å². The Hall–Kier alpha value is -0.800. The van der Waals surface area contributed by atoms with E-state index in [1.54, 1.807) is 12.1 Å². The molecular weight excluding hydrogens is 240 g/mol. The van der Waals surface area contributed by atoms with Crippen LogP contribution in [0.2, 0.25) is 5.02 Å². The van der Waals surface area contributed by atoms with Crippen LogP contribution < -0.4 is 0 Å². The van der Waals surface area contributed by atoms with E-state index in [-0.39, 0.29) is 11.1 Å². The zero-order chi connectivity index (χ0) is 10.8. The predicted octanol–water partition coefficient (Wildman–Crippen LogP) is 3.21. The predicted molar refractivity (Wildman–Crippen MR) is 58.2 cm³/mol. The molecular formula is C10H8Cl2FNO. The van der Waals surface area contributed by atoms with Crippen molar-refractivity contribution in [2.45, 2.75) is 12.5 Å². The smallest absolute Gasteiger partial charge is 0.150 e. The molecule has 5 heteroatoms. The van der Waals surface area contributed by atoms with Crippen molar-refractivity contribution < 1.29 is 9.23 Å².